The molecule has 0 saturated heterocycles. The van der Waals surface area contributed by atoms with Crippen molar-refractivity contribution in [2.24, 2.45) is 7.05 Å². The Morgan fingerprint density at radius 2 is 2.53 bits per heavy atom. The van der Waals surface area contributed by atoms with E-state index in [0.717, 1.165) is 10.9 Å². The quantitative estimate of drug-likeness (QED) is 0.672. The van der Waals surface area contributed by atoms with Gasteiger partial charge < -0.3 is 15.0 Å². The SMILES string of the molecule is Cn1cnnc1SCC(CO)NC1CC1. The van der Waals surface area contributed by atoms with Gasteiger partial charge in [0.15, 0.2) is 5.16 Å². The Kier molecular flexibility index (Phi) is 3.61. The van der Waals surface area contributed by atoms with Gasteiger partial charge in [-0.3, -0.25) is 0 Å². The van der Waals surface area contributed by atoms with Crippen LogP contribution in [0, 0.1) is 0 Å². The molecule has 0 bridgehead atoms. The standard InChI is InChI=1S/C9H16N4OS/c1-13-6-10-12-9(13)15-5-8(4-14)11-7-2-3-7/h6-8,11,14H,2-5H2,1H3. The van der Waals surface area contributed by atoms with Crippen LogP contribution in [0.4, 0.5) is 0 Å². The van der Waals surface area contributed by atoms with E-state index in [-0.39, 0.29) is 12.6 Å². The van der Waals surface area contributed by atoms with Crippen molar-refractivity contribution in [3.05, 3.63) is 6.33 Å². The molecule has 1 aliphatic rings. The number of aliphatic hydroxyl groups excluding tert-OH is 1. The van der Waals surface area contributed by atoms with Crippen LogP contribution < -0.4 is 5.32 Å². The lowest BCUT2D eigenvalue weighted by Gasteiger charge is -2.14. The molecule has 1 aromatic heterocycles. The van der Waals surface area contributed by atoms with E-state index in [0.29, 0.717) is 6.04 Å². The van der Waals surface area contributed by atoms with Crippen LogP contribution in [0.25, 0.3) is 0 Å². The normalized spacial score (nSPS) is 18.0. The smallest absolute Gasteiger partial charge is 0.190 e. The van der Waals surface area contributed by atoms with Crippen LogP contribution in [0.15, 0.2) is 11.5 Å². The van der Waals surface area contributed by atoms with Crippen molar-refractivity contribution in [3.8, 4) is 0 Å². The third kappa shape index (κ3) is 3.19. The van der Waals surface area contributed by atoms with E-state index in [1.807, 2.05) is 11.6 Å². The van der Waals surface area contributed by atoms with Crippen LogP contribution in [0.1, 0.15) is 12.8 Å². The lowest BCUT2D eigenvalue weighted by molar-refractivity contribution is 0.253. The van der Waals surface area contributed by atoms with Crippen molar-refractivity contribution in [2.45, 2.75) is 30.1 Å². The van der Waals surface area contributed by atoms with Gasteiger partial charge in [-0.15, -0.1) is 10.2 Å². The number of aryl methyl sites for hydroxylation is 1. The summed E-state index contributed by atoms with van der Waals surface area (Å²) in [5.41, 5.74) is 0. The number of nitrogens with zero attached hydrogens (tertiary/aromatic N) is 3. The van der Waals surface area contributed by atoms with Crippen molar-refractivity contribution in [1.29, 1.82) is 0 Å². The summed E-state index contributed by atoms with van der Waals surface area (Å²) in [6.45, 7) is 0.182. The number of nitrogens with one attached hydrogen (secondary N) is 1. The fourth-order valence-electron chi connectivity index (χ4n) is 1.32. The number of hydrogen-bond donors (Lipinski definition) is 2. The van der Waals surface area contributed by atoms with Crippen LogP contribution in [0.2, 0.25) is 0 Å². The van der Waals surface area contributed by atoms with Gasteiger partial charge >= 0.3 is 0 Å². The molecular formula is C9H16N4OS. The molecule has 1 aromatic rings. The lowest BCUT2D eigenvalue weighted by atomic mass is 10.3. The Morgan fingerprint density at radius 3 is 3.07 bits per heavy atom. The summed E-state index contributed by atoms with van der Waals surface area (Å²) >= 11 is 1.62. The second-order valence-corrected chi connectivity index (χ2v) is 4.84. The van der Waals surface area contributed by atoms with Gasteiger partial charge in [0.2, 0.25) is 0 Å². The van der Waals surface area contributed by atoms with Gasteiger partial charge in [0, 0.05) is 24.9 Å². The highest BCUT2D eigenvalue weighted by Gasteiger charge is 2.24. The highest BCUT2D eigenvalue weighted by atomic mass is 32.2. The van der Waals surface area contributed by atoms with Crippen molar-refractivity contribution in [3.63, 3.8) is 0 Å². The van der Waals surface area contributed by atoms with Gasteiger partial charge in [-0.2, -0.15) is 0 Å². The maximum atomic E-state index is 9.18. The zero-order chi connectivity index (χ0) is 10.7. The first-order valence-corrected chi connectivity index (χ1v) is 6.12. The monoisotopic (exact) mass is 228 g/mol. The largest absolute Gasteiger partial charge is 0.395 e. The summed E-state index contributed by atoms with van der Waals surface area (Å²) in [5.74, 6) is 0.833. The molecule has 0 radical (unpaired) electrons. The Balaban J connectivity index is 1.77. The molecule has 5 nitrogen and oxygen atoms in total. The maximum Gasteiger partial charge on any atom is 0.190 e. The zero-order valence-corrected chi connectivity index (χ0v) is 9.57. The summed E-state index contributed by atoms with van der Waals surface area (Å²) in [7, 11) is 1.92. The zero-order valence-electron chi connectivity index (χ0n) is 8.76. The first kappa shape index (κ1) is 10.9. The molecule has 0 aliphatic heterocycles. The molecule has 84 valence electrons. The predicted molar refractivity (Wildman–Crippen MR) is 58.8 cm³/mol. The lowest BCUT2D eigenvalue weighted by Crippen LogP contribution is -2.36. The minimum atomic E-state index is 0.166. The van der Waals surface area contributed by atoms with Crippen LogP contribution in [-0.2, 0) is 7.05 Å². The number of aliphatic hydroxyl groups is 1. The second kappa shape index (κ2) is 4.96. The van der Waals surface area contributed by atoms with Gasteiger partial charge in [-0.25, -0.2) is 0 Å². The first-order chi connectivity index (χ1) is 7.29. The van der Waals surface area contributed by atoms with Crippen molar-refractivity contribution in [2.75, 3.05) is 12.4 Å². The van der Waals surface area contributed by atoms with Crippen LogP contribution >= 0.6 is 11.8 Å². The number of rotatable bonds is 6. The molecule has 6 heteroatoms. The van der Waals surface area contributed by atoms with E-state index >= 15 is 0 Å². The number of aromatic nitrogens is 3. The summed E-state index contributed by atoms with van der Waals surface area (Å²) in [4.78, 5) is 0. The minimum absolute atomic E-state index is 0.166. The molecule has 1 heterocycles. The number of hydrogen-bond acceptors (Lipinski definition) is 5. The molecule has 0 amide bonds. The number of thioether (sulfide) groups is 1. The van der Waals surface area contributed by atoms with Crippen LogP contribution in [0.3, 0.4) is 0 Å². The summed E-state index contributed by atoms with van der Waals surface area (Å²) in [5, 5.41) is 21.3. The fraction of sp³-hybridized carbons (Fsp3) is 0.778. The molecule has 0 spiro atoms. The molecule has 1 aliphatic carbocycles. The van der Waals surface area contributed by atoms with E-state index in [2.05, 4.69) is 15.5 Å². The average molecular weight is 228 g/mol. The van der Waals surface area contributed by atoms with E-state index < -0.39 is 0 Å². The molecule has 1 fully saturated rings. The second-order valence-electron chi connectivity index (χ2n) is 3.86. The highest BCUT2D eigenvalue weighted by molar-refractivity contribution is 7.99. The van der Waals surface area contributed by atoms with E-state index in [4.69, 9.17) is 0 Å². The molecule has 2 N–H and O–H groups in total. The molecule has 2 rings (SSSR count). The average Bonchev–Trinajstić information content (AvgIpc) is 2.96. The van der Waals surface area contributed by atoms with Crippen molar-refractivity contribution in [1.82, 2.24) is 20.1 Å². The topological polar surface area (TPSA) is 63.0 Å². The third-order valence-electron chi connectivity index (χ3n) is 2.35. The molecule has 1 unspecified atom stereocenters. The Labute approximate surface area is 93.3 Å². The maximum absolute atomic E-state index is 9.18. The molecular weight excluding hydrogens is 212 g/mol. The van der Waals surface area contributed by atoms with Gasteiger partial charge in [-0.1, -0.05) is 11.8 Å². The van der Waals surface area contributed by atoms with Crippen LogP contribution in [0.5, 0.6) is 0 Å². The summed E-state index contributed by atoms with van der Waals surface area (Å²) in [6, 6.07) is 0.793. The van der Waals surface area contributed by atoms with Gasteiger partial charge in [0.25, 0.3) is 0 Å². The molecule has 1 saturated carbocycles. The summed E-state index contributed by atoms with van der Waals surface area (Å²) in [6.07, 6.45) is 4.17. The Bertz CT molecular complexity index is 313. The van der Waals surface area contributed by atoms with Crippen LogP contribution in [-0.4, -0.2) is 44.3 Å². The van der Waals surface area contributed by atoms with Gasteiger partial charge in [0.1, 0.15) is 6.33 Å². The van der Waals surface area contributed by atoms with Crippen molar-refractivity contribution >= 4 is 11.8 Å². The Morgan fingerprint density at radius 1 is 1.73 bits per heavy atom. The van der Waals surface area contributed by atoms with Gasteiger partial charge in [-0.05, 0) is 12.8 Å². The predicted octanol–water partition coefficient (Wildman–Crippen LogP) is 0.0201. The summed E-state index contributed by atoms with van der Waals surface area (Å²) < 4.78 is 1.89. The van der Waals surface area contributed by atoms with E-state index in [1.165, 1.54) is 12.8 Å². The van der Waals surface area contributed by atoms with E-state index in [1.54, 1.807) is 18.1 Å². The molecule has 15 heavy (non-hydrogen) atoms. The molecule has 0 aromatic carbocycles. The van der Waals surface area contributed by atoms with Gasteiger partial charge in [0.05, 0.1) is 6.61 Å². The van der Waals surface area contributed by atoms with Crippen molar-refractivity contribution < 1.29 is 5.11 Å². The molecule has 1 atom stereocenters. The van der Waals surface area contributed by atoms with E-state index in [9.17, 15) is 5.11 Å². The Hall–Kier alpha value is -0.590. The highest BCUT2D eigenvalue weighted by Crippen LogP contribution is 2.21. The fourth-order valence-corrected chi connectivity index (χ4v) is 2.22. The first-order valence-electron chi connectivity index (χ1n) is 5.13. The minimum Gasteiger partial charge on any atom is -0.395 e. The third-order valence-corrected chi connectivity index (χ3v) is 3.55.